The zero-order chi connectivity index (χ0) is 17.5. The zero-order valence-corrected chi connectivity index (χ0v) is 15.7. The van der Waals surface area contributed by atoms with Gasteiger partial charge in [-0.2, -0.15) is 0 Å². The van der Waals surface area contributed by atoms with Crippen molar-refractivity contribution in [3.8, 4) is 5.75 Å². The third kappa shape index (κ3) is 5.25. The molecule has 0 atom stereocenters. The number of nitrogens with two attached hydrogens (primary N) is 1. The summed E-state index contributed by atoms with van der Waals surface area (Å²) in [5, 5.41) is 0. The first kappa shape index (κ1) is 18.3. The van der Waals surface area contributed by atoms with Crippen molar-refractivity contribution in [2.45, 2.75) is 32.1 Å². The maximum atomic E-state index is 5.86. The molecule has 1 aromatic carbocycles. The van der Waals surface area contributed by atoms with Gasteiger partial charge in [0.15, 0.2) is 0 Å². The SMILES string of the molecule is C[N+]1(CCOCCCCCN2CCOc3cc(N)ccc32)CCCC1. The second-order valence-corrected chi connectivity index (χ2v) is 7.73. The molecule has 0 radical (unpaired) electrons. The number of anilines is 2. The molecule has 2 N–H and O–H groups in total. The largest absolute Gasteiger partial charge is 0.489 e. The minimum absolute atomic E-state index is 0.747. The molecule has 0 saturated carbocycles. The molecular weight excluding hydrogens is 314 g/mol. The first-order chi connectivity index (χ1) is 12.2. The Morgan fingerprint density at radius 3 is 2.84 bits per heavy atom. The average molecular weight is 349 g/mol. The summed E-state index contributed by atoms with van der Waals surface area (Å²) in [6.07, 6.45) is 6.33. The predicted octanol–water partition coefficient (Wildman–Crippen LogP) is 2.89. The molecule has 2 heterocycles. The number of benzene rings is 1. The molecule has 3 rings (SSSR count). The molecule has 25 heavy (non-hydrogen) atoms. The lowest BCUT2D eigenvalue weighted by Gasteiger charge is -2.31. The van der Waals surface area contributed by atoms with E-state index in [9.17, 15) is 0 Å². The van der Waals surface area contributed by atoms with E-state index in [4.69, 9.17) is 15.2 Å². The van der Waals surface area contributed by atoms with Crippen molar-refractivity contribution >= 4 is 11.4 Å². The van der Waals surface area contributed by atoms with Crippen molar-refractivity contribution in [1.82, 2.24) is 0 Å². The molecule has 0 aliphatic carbocycles. The molecule has 2 aliphatic rings. The van der Waals surface area contributed by atoms with E-state index in [0.29, 0.717) is 0 Å². The van der Waals surface area contributed by atoms with Gasteiger partial charge in [0.1, 0.15) is 18.9 Å². The Hall–Kier alpha value is -1.46. The lowest BCUT2D eigenvalue weighted by molar-refractivity contribution is -0.898. The number of unbranched alkanes of at least 4 members (excludes halogenated alkanes) is 2. The van der Waals surface area contributed by atoms with Crippen LogP contribution in [0.1, 0.15) is 32.1 Å². The minimum atomic E-state index is 0.747. The monoisotopic (exact) mass is 348 g/mol. The van der Waals surface area contributed by atoms with Crippen molar-refractivity contribution in [2.75, 3.05) is 70.2 Å². The van der Waals surface area contributed by atoms with E-state index in [1.54, 1.807) is 0 Å². The average Bonchev–Trinajstić information content (AvgIpc) is 3.03. The molecule has 5 heteroatoms. The van der Waals surface area contributed by atoms with Crippen molar-refractivity contribution in [3.63, 3.8) is 0 Å². The van der Waals surface area contributed by atoms with E-state index in [1.165, 1.54) is 55.5 Å². The summed E-state index contributed by atoms with van der Waals surface area (Å²) in [6, 6.07) is 5.96. The van der Waals surface area contributed by atoms with Gasteiger partial charge in [-0.1, -0.05) is 0 Å². The number of fused-ring (bicyclic) bond motifs is 1. The number of quaternary nitrogens is 1. The van der Waals surface area contributed by atoms with Gasteiger partial charge >= 0.3 is 0 Å². The third-order valence-electron chi connectivity index (χ3n) is 5.58. The summed E-state index contributed by atoms with van der Waals surface area (Å²) < 4.78 is 12.8. The number of rotatable bonds is 9. The number of ether oxygens (including phenoxy) is 2. The van der Waals surface area contributed by atoms with E-state index >= 15 is 0 Å². The standard InChI is InChI=1S/C20H34N3O2/c1-23(11-4-5-12-23)13-16-24-14-6-2-3-9-22-10-15-25-20-17-18(21)7-8-19(20)22/h7-8,17H,2-6,9-16,21H2,1H3/q+1. The Bertz CT molecular complexity index is 544. The predicted molar refractivity (Wildman–Crippen MR) is 103 cm³/mol. The molecule has 140 valence electrons. The molecule has 1 fully saturated rings. The topological polar surface area (TPSA) is 47.7 Å². The minimum Gasteiger partial charge on any atom is -0.489 e. The summed E-state index contributed by atoms with van der Waals surface area (Å²) in [5.41, 5.74) is 7.79. The fourth-order valence-corrected chi connectivity index (χ4v) is 3.92. The van der Waals surface area contributed by atoms with Crippen molar-refractivity contribution < 1.29 is 14.0 Å². The fraction of sp³-hybridized carbons (Fsp3) is 0.700. The van der Waals surface area contributed by atoms with Crippen LogP contribution in [0.2, 0.25) is 0 Å². The third-order valence-corrected chi connectivity index (χ3v) is 5.58. The lowest BCUT2D eigenvalue weighted by Crippen LogP contribution is -2.43. The normalized spacial score (nSPS) is 18.8. The van der Waals surface area contributed by atoms with Crippen LogP contribution in [0.5, 0.6) is 5.75 Å². The summed E-state index contributed by atoms with van der Waals surface area (Å²) in [5.74, 6) is 0.924. The Kier molecular flexibility index (Phi) is 6.43. The summed E-state index contributed by atoms with van der Waals surface area (Å²) in [7, 11) is 2.37. The van der Waals surface area contributed by atoms with Gasteiger partial charge in [-0.05, 0) is 31.4 Å². The summed E-state index contributed by atoms with van der Waals surface area (Å²) in [6.45, 7) is 8.43. The Morgan fingerprint density at radius 1 is 1.16 bits per heavy atom. The summed E-state index contributed by atoms with van der Waals surface area (Å²) >= 11 is 0. The van der Waals surface area contributed by atoms with Crippen molar-refractivity contribution in [1.29, 1.82) is 0 Å². The van der Waals surface area contributed by atoms with Crippen molar-refractivity contribution in [2.24, 2.45) is 0 Å². The molecule has 0 aromatic heterocycles. The quantitative estimate of drug-likeness (QED) is 0.423. The van der Waals surface area contributed by atoms with Crippen LogP contribution >= 0.6 is 0 Å². The van der Waals surface area contributed by atoms with Gasteiger partial charge in [0.2, 0.25) is 0 Å². The number of nitrogen functional groups attached to an aromatic ring is 1. The molecule has 0 spiro atoms. The second-order valence-electron chi connectivity index (χ2n) is 7.73. The molecule has 1 aromatic rings. The molecule has 0 bridgehead atoms. The van der Waals surface area contributed by atoms with Gasteiger partial charge in [0, 0.05) is 37.7 Å². The number of hydrogen-bond acceptors (Lipinski definition) is 4. The highest BCUT2D eigenvalue weighted by molar-refractivity contribution is 5.64. The van der Waals surface area contributed by atoms with Crippen LogP contribution in [0.25, 0.3) is 0 Å². The smallest absolute Gasteiger partial charge is 0.144 e. The van der Waals surface area contributed by atoms with Crippen LogP contribution in [-0.4, -0.2) is 64.1 Å². The molecular formula is C20H34N3O2+. The van der Waals surface area contributed by atoms with Crippen LogP contribution in [0, 0.1) is 0 Å². The molecule has 1 saturated heterocycles. The Labute approximate surface area is 152 Å². The van der Waals surface area contributed by atoms with Gasteiger partial charge in [0.05, 0.1) is 39.0 Å². The van der Waals surface area contributed by atoms with Crippen LogP contribution < -0.4 is 15.4 Å². The first-order valence-corrected chi connectivity index (χ1v) is 9.85. The molecule has 0 amide bonds. The molecule has 5 nitrogen and oxygen atoms in total. The Morgan fingerprint density at radius 2 is 2.00 bits per heavy atom. The highest BCUT2D eigenvalue weighted by Gasteiger charge is 2.25. The highest BCUT2D eigenvalue weighted by atomic mass is 16.5. The van der Waals surface area contributed by atoms with Gasteiger partial charge in [0.25, 0.3) is 0 Å². The molecule has 0 unspecified atom stereocenters. The zero-order valence-electron chi connectivity index (χ0n) is 15.7. The fourth-order valence-electron chi connectivity index (χ4n) is 3.92. The van der Waals surface area contributed by atoms with E-state index in [0.717, 1.165) is 50.8 Å². The number of nitrogens with zero attached hydrogens (tertiary/aromatic N) is 2. The number of likely N-dealkylation sites (N-methyl/N-ethyl adjacent to an activating group) is 1. The molecule has 2 aliphatic heterocycles. The highest BCUT2D eigenvalue weighted by Crippen LogP contribution is 2.33. The van der Waals surface area contributed by atoms with Crippen LogP contribution in [-0.2, 0) is 4.74 Å². The van der Waals surface area contributed by atoms with E-state index in [2.05, 4.69) is 18.0 Å². The second kappa shape index (κ2) is 8.77. The van der Waals surface area contributed by atoms with E-state index in [1.807, 2.05) is 12.1 Å². The van der Waals surface area contributed by atoms with Gasteiger partial charge in [-0.15, -0.1) is 0 Å². The Balaban J connectivity index is 1.27. The first-order valence-electron chi connectivity index (χ1n) is 9.85. The maximum absolute atomic E-state index is 5.86. The summed E-state index contributed by atoms with van der Waals surface area (Å²) in [4.78, 5) is 2.41. The van der Waals surface area contributed by atoms with Gasteiger partial charge in [-0.25, -0.2) is 0 Å². The van der Waals surface area contributed by atoms with Crippen molar-refractivity contribution in [3.05, 3.63) is 18.2 Å². The number of likely N-dealkylation sites (tertiary alicyclic amines) is 1. The maximum Gasteiger partial charge on any atom is 0.144 e. The van der Waals surface area contributed by atoms with Crippen LogP contribution in [0.4, 0.5) is 11.4 Å². The van der Waals surface area contributed by atoms with E-state index in [-0.39, 0.29) is 0 Å². The van der Waals surface area contributed by atoms with Crippen LogP contribution in [0.3, 0.4) is 0 Å². The van der Waals surface area contributed by atoms with E-state index < -0.39 is 0 Å². The van der Waals surface area contributed by atoms with Gasteiger partial charge < -0.3 is 24.6 Å². The van der Waals surface area contributed by atoms with Crippen LogP contribution in [0.15, 0.2) is 18.2 Å². The lowest BCUT2D eigenvalue weighted by atomic mass is 10.2. The van der Waals surface area contributed by atoms with Gasteiger partial charge in [-0.3, -0.25) is 0 Å². The number of hydrogen-bond donors (Lipinski definition) is 1.